The smallest absolute Gasteiger partial charge is 0.230 e. The van der Waals surface area contributed by atoms with Crippen LogP contribution in [0.3, 0.4) is 0 Å². The number of nitriles is 1. The quantitative estimate of drug-likeness (QED) is 0.871. The highest BCUT2D eigenvalue weighted by Crippen LogP contribution is 2.14. The van der Waals surface area contributed by atoms with Gasteiger partial charge in [-0.1, -0.05) is 12.1 Å². The fourth-order valence-electron chi connectivity index (χ4n) is 1.28. The van der Waals surface area contributed by atoms with Crippen molar-refractivity contribution < 1.29 is 13.5 Å². The lowest BCUT2D eigenvalue weighted by Gasteiger charge is -2.18. The molecule has 0 spiro atoms. The fourth-order valence-corrected chi connectivity index (χ4v) is 2.29. The van der Waals surface area contributed by atoms with Gasteiger partial charge in [-0.3, -0.25) is 0 Å². The van der Waals surface area contributed by atoms with Gasteiger partial charge in [0.15, 0.2) is 5.25 Å². The Kier molecular flexibility index (Phi) is 4.10. The first kappa shape index (κ1) is 13.5. The highest BCUT2D eigenvalue weighted by Gasteiger charge is 2.25. The molecule has 0 aromatic heterocycles. The third kappa shape index (κ3) is 3.19. The lowest BCUT2D eigenvalue weighted by atomic mass is 10.2. The molecule has 5 nitrogen and oxygen atoms in total. The SMILES string of the molecule is CC(C#N)S(=O)(=O)N(C)Cc1ccc(O)cc1. The van der Waals surface area contributed by atoms with Crippen LogP contribution in [0.1, 0.15) is 12.5 Å². The molecule has 0 fully saturated rings. The van der Waals surface area contributed by atoms with Gasteiger partial charge in [-0.2, -0.15) is 9.57 Å². The Bertz CT molecular complexity index is 517. The van der Waals surface area contributed by atoms with Gasteiger partial charge >= 0.3 is 0 Å². The van der Waals surface area contributed by atoms with Gasteiger partial charge in [-0.25, -0.2) is 8.42 Å². The maximum absolute atomic E-state index is 11.8. The predicted octanol–water partition coefficient (Wildman–Crippen LogP) is 1.07. The second kappa shape index (κ2) is 5.17. The average Bonchev–Trinajstić information content (AvgIpc) is 2.30. The number of phenolic OH excluding ortho intramolecular Hbond substituents is 1. The van der Waals surface area contributed by atoms with Crippen LogP contribution >= 0.6 is 0 Å². The first-order chi connectivity index (χ1) is 7.87. The molecule has 0 saturated heterocycles. The average molecular weight is 254 g/mol. The molecule has 1 aromatic rings. The Morgan fingerprint density at radius 2 is 1.94 bits per heavy atom. The van der Waals surface area contributed by atoms with E-state index in [1.807, 2.05) is 0 Å². The largest absolute Gasteiger partial charge is 0.508 e. The number of hydrogen-bond acceptors (Lipinski definition) is 4. The van der Waals surface area contributed by atoms with E-state index in [2.05, 4.69) is 0 Å². The molecule has 0 radical (unpaired) electrons. The lowest BCUT2D eigenvalue weighted by molar-refractivity contribution is 0.461. The maximum Gasteiger partial charge on any atom is 0.230 e. The van der Waals surface area contributed by atoms with Crippen LogP contribution in [0.5, 0.6) is 5.75 Å². The van der Waals surface area contributed by atoms with Crippen molar-refractivity contribution in [1.82, 2.24) is 4.31 Å². The van der Waals surface area contributed by atoms with Gasteiger partial charge in [0.1, 0.15) is 5.75 Å². The molecule has 1 rings (SSSR count). The molecule has 0 heterocycles. The molecule has 0 saturated carbocycles. The van der Waals surface area contributed by atoms with Crippen LogP contribution in [-0.2, 0) is 16.6 Å². The Morgan fingerprint density at radius 3 is 2.41 bits per heavy atom. The summed E-state index contributed by atoms with van der Waals surface area (Å²) in [6, 6.07) is 7.97. The van der Waals surface area contributed by atoms with Gasteiger partial charge in [0, 0.05) is 13.6 Å². The van der Waals surface area contributed by atoms with E-state index in [1.165, 1.54) is 26.1 Å². The van der Waals surface area contributed by atoms with Crippen LogP contribution in [0.15, 0.2) is 24.3 Å². The second-order valence-electron chi connectivity index (χ2n) is 3.74. The Labute approximate surface area is 101 Å². The summed E-state index contributed by atoms with van der Waals surface area (Å²) in [6.07, 6.45) is 0. The highest BCUT2D eigenvalue weighted by atomic mass is 32.2. The van der Waals surface area contributed by atoms with E-state index in [9.17, 15) is 8.42 Å². The molecular formula is C11H14N2O3S. The number of rotatable bonds is 4. The Balaban J connectivity index is 2.83. The molecule has 1 N–H and O–H groups in total. The summed E-state index contributed by atoms with van der Waals surface area (Å²) in [6.45, 7) is 1.53. The van der Waals surface area contributed by atoms with E-state index in [-0.39, 0.29) is 12.3 Å². The standard InChI is InChI=1S/C11H14N2O3S/c1-9(7-12)17(15,16)13(2)8-10-3-5-11(14)6-4-10/h3-6,9,14H,8H2,1-2H3. The molecule has 1 unspecified atom stereocenters. The summed E-state index contributed by atoms with van der Waals surface area (Å²) in [5.41, 5.74) is 0.749. The van der Waals surface area contributed by atoms with Crippen molar-refractivity contribution in [2.75, 3.05) is 7.05 Å². The van der Waals surface area contributed by atoms with E-state index >= 15 is 0 Å². The van der Waals surface area contributed by atoms with Crippen LogP contribution in [0.2, 0.25) is 0 Å². The minimum absolute atomic E-state index is 0.129. The number of aromatic hydroxyl groups is 1. The monoisotopic (exact) mass is 254 g/mol. The number of nitrogens with zero attached hydrogens (tertiary/aromatic N) is 2. The zero-order valence-corrected chi connectivity index (χ0v) is 10.5. The third-order valence-electron chi connectivity index (χ3n) is 2.40. The van der Waals surface area contributed by atoms with Gasteiger partial charge in [-0.05, 0) is 24.6 Å². The molecule has 0 aliphatic rings. The van der Waals surface area contributed by atoms with Crippen LogP contribution in [-0.4, -0.2) is 30.1 Å². The summed E-state index contributed by atoms with van der Waals surface area (Å²) < 4.78 is 24.7. The minimum Gasteiger partial charge on any atom is -0.508 e. The maximum atomic E-state index is 11.8. The normalized spacial score (nSPS) is 13.3. The van der Waals surface area contributed by atoms with Crippen LogP contribution in [0.25, 0.3) is 0 Å². The topological polar surface area (TPSA) is 81.4 Å². The fraction of sp³-hybridized carbons (Fsp3) is 0.364. The van der Waals surface area contributed by atoms with E-state index in [1.54, 1.807) is 18.2 Å². The summed E-state index contributed by atoms with van der Waals surface area (Å²) in [4.78, 5) is 0. The lowest BCUT2D eigenvalue weighted by Crippen LogP contribution is -2.33. The van der Waals surface area contributed by atoms with Crippen LogP contribution in [0, 0.1) is 11.3 Å². The van der Waals surface area contributed by atoms with Crippen molar-refractivity contribution in [3.63, 3.8) is 0 Å². The van der Waals surface area contributed by atoms with Crippen molar-refractivity contribution >= 4 is 10.0 Å². The van der Waals surface area contributed by atoms with Crippen molar-refractivity contribution in [2.24, 2.45) is 0 Å². The summed E-state index contributed by atoms with van der Waals surface area (Å²) in [7, 11) is -2.16. The highest BCUT2D eigenvalue weighted by molar-refractivity contribution is 7.89. The zero-order chi connectivity index (χ0) is 13.1. The molecule has 1 aromatic carbocycles. The first-order valence-electron chi connectivity index (χ1n) is 5.00. The van der Waals surface area contributed by atoms with E-state index in [0.29, 0.717) is 0 Å². The molecule has 6 heteroatoms. The minimum atomic E-state index is -3.59. The molecule has 17 heavy (non-hydrogen) atoms. The number of hydrogen-bond donors (Lipinski definition) is 1. The number of sulfonamides is 1. The van der Waals surface area contributed by atoms with E-state index in [0.717, 1.165) is 9.87 Å². The number of phenols is 1. The van der Waals surface area contributed by atoms with Crippen LogP contribution < -0.4 is 0 Å². The Morgan fingerprint density at radius 1 is 1.41 bits per heavy atom. The van der Waals surface area contributed by atoms with Gasteiger partial charge < -0.3 is 5.11 Å². The third-order valence-corrected chi connectivity index (χ3v) is 4.40. The van der Waals surface area contributed by atoms with Gasteiger partial charge in [0.05, 0.1) is 6.07 Å². The molecule has 0 aliphatic heterocycles. The van der Waals surface area contributed by atoms with Gasteiger partial charge in [0.25, 0.3) is 0 Å². The molecule has 0 aliphatic carbocycles. The van der Waals surface area contributed by atoms with E-state index in [4.69, 9.17) is 10.4 Å². The number of benzene rings is 1. The van der Waals surface area contributed by atoms with E-state index < -0.39 is 15.3 Å². The summed E-state index contributed by atoms with van der Waals surface area (Å²) in [5, 5.41) is 16.7. The predicted molar refractivity (Wildman–Crippen MR) is 63.6 cm³/mol. The van der Waals surface area contributed by atoms with Crippen molar-refractivity contribution in [3.05, 3.63) is 29.8 Å². The zero-order valence-electron chi connectivity index (χ0n) is 9.66. The molecular weight excluding hydrogens is 240 g/mol. The van der Waals surface area contributed by atoms with Crippen molar-refractivity contribution in [3.8, 4) is 11.8 Å². The van der Waals surface area contributed by atoms with Crippen molar-refractivity contribution in [2.45, 2.75) is 18.7 Å². The van der Waals surface area contributed by atoms with Gasteiger partial charge in [-0.15, -0.1) is 0 Å². The van der Waals surface area contributed by atoms with Gasteiger partial charge in [0.2, 0.25) is 10.0 Å². The van der Waals surface area contributed by atoms with Crippen molar-refractivity contribution in [1.29, 1.82) is 5.26 Å². The summed E-state index contributed by atoms with van der Waals surface area (Å²) in [5.74, 6) is 0.129. The first-order valence-corrected chi connectivity index (χ1v) is 6.51. The Hall–Kier alpha value is -1.58. The molecule has 0 bridgehead atoms. The molecule has 1 atom stereocenters. The molecule has 92 valence electrons. The summed E-state index contributed by atoms with van der Waals surface area (Å²) >= 11 is 0. The second-order valence-corrected chi connectivity index (χ2v) is 6.10. The van der Waals surface area contributed by atoms with Crippen LogP contribution in [0.4, 0.5) is 0 Å². The molecule has 0 amide bonds.